The number of nitrogens with two attached hydrogens (primary N) is 1. The van der Waals surface area contributed by atoms with Crippen LogP contribution in [0.5, 0.6) is 0 Å². The van der Waals surface area contributed by atoms with Crippen LogP contribution in [0.1, 0.15) is 15.9 Å². The molecule has 1 amide bonds. The molecule has 0 saturated carbocycles. The predicted octanol–water partition coefficient (Wildman–Crippen LogP) is 3.95. The number of benzene rings is 2. The number of nitrogens with one attached hydrogen (secondary N) is 2. The second-order valence-corrected chi connectivity index (χ2v) is 5.54. The van der Waals surface area contributed by atoms with E-state index in [4.69, 9.17) is 17.4 Å². The molecule has 4 N–H and O–H groups in total. The second kappa shape index (κ2) is 6.26. The van der Waals surface area contributed by atoms with Gasteiger partial charge in [-0.05, 0) is 64.8 Å². The minimum absolute atomic E-state index is 0.186. The fraction of sp³-hybridized carbons (Fsp3) is 0.0714. The maximum Gasteiger partial charge on any atom is 0.255 e. The van der Waals surface area contributed by atoms with Crippen molar-refractivity contribution in [2.24, 2.45) is 5.84 Å². The van der Waals surface area contributed by atoms with Crippen molar-refractivity contribution in [3.8, 4) is 0 Å². The lowest BCUT2D eigenvalue weighted by Crippen LogP contribution is -2.14. The van der Waals surface area contributed by atoms with Gasteiger partial charge in [-0.3, -0.25) is 10.6 Å². The lowest BCUT2D eigenvalue weighted by atomic mass is 10.1. The molecule has 0 aromatic heterocycles. The van der Waals surface area contributed by atoms with Crippen LogP contribution in [0, 0.1) is 6.92 Å². The van der Waals surface area contributed by atoms with E-state index in [0.29, 0.717) is 16.3 Å². The summed E-state index contributed by atoms with van der Waals surface area (Å²) in [5.41, 5.74) is 5.39. The SMILES string of the molecule is Cc1cc(NN)ccc1C(=O)Nc1ccc(Cl)cc1Br. The molecule has 2 aromatic carbocycles. The van der Waals surface area contributed by atoms with Gasteiger partial charge in [-0.1, -0.05) is 11.6 Å². The second-order valence-electron chi connectivity index (χ2n) is 4.25. The van der Waals surface area contributed by atoms with Crippen LogP contribution >= 0.6 is 27.5 Å². The number of hydrazine groups is 1. The van der Waals surface area contributed by atoms with E-state index >= 15 is 0 Å². The van der Waals surface area contributed by atoms with E-state index in [0.717, 1.165) is 15.7 Å². The molecule has 104 valence electrons. The quantitative estimate of drug-likeness (QED) is 0.577. The molecule has 0 spiro atoms. The van der Waals surface area contributed by atoms with Gasteiger partial charge in [0.2, 0.25) is 0 Å². The first kappa shape index (κ1) is 14.8. The zero-order valence-electron chi connectivity index (χ0n) is 10.7. The highest BCUT2D eigenvalue weighted by molar-refractivity contribution is 9.10. The van der Waals surface area contributed by atoms with Crippen molar-refractivity contribution in [2.75, 3.05) is 10.7 Å². The highest BCUT2D eigenvalue weighted by Crippen LogP contribution is 2.26. The van der Waals surface area contributed by atoms with Crippen molar-refractivity contribution in [1.29, 1.82) is 0 Å². The summed E-state index contributed by atoms with van der Waals surface area (Å²) in [5.74, 6) is 5.15. The Hall–Kier alpha value is -1.56. The van der Waals surface area contributed by atoms with Gasteiger partial charge < -0.3 is 10.7 Å². The number of aryl methyl sites for hydroxylation is 1. The summed E-state index contributed by atoms with van der Waals surface area (Å²) in [6.45, 7) is 1.85. The first-order valence-electron chi connectivity index (χ1n) is 5.85. The number of carbonyl (C=O) groups is 1. The van der Waals surface area contributed by atoms with Gasteiger partial charge in [0.1, 0.15) is 0 Å². The zero-order chi connectivity index (χ0) is 14.7. The Bertz CT molecular complexity index is 661. The molecular weight excluding hydrogens is 342 g/mol. The number of hydrogen-bond donors (Lipinski definition) is 3. The van der Waals surface area contributed by atoms with E-state index in [1.54, 1.807) is 30.3 Å². The average Bonchev–Trinajstić information content (AvgIpc) is 2.41. The number of hydrogen-bond acceptors (Lipinski definition) is 3. The maximum atomic E-state index is 12.3. The molecule has 0 saturated heterocycles. The van der Waals surface area contributed by atoms with E-state index in [-0.39, 0.29) is 5.91 Å². The van der Waals surface area contributed by atoms with Gasteiger partial charge in [0.25, 0.3) is 5.91 Å². The minimum atomic E-state index is -0.186. The monoisotopic (exact) mass is 353 g/mol. The molecule has 0 unspecified atom stereocenters. The van der Waals surface area contributed by atoms with Crippen molar-refractivity contribution in [3.63, 3.8) is 0 Å². The molecule has 0 atom stereocenters. The standard InChI is InChI=1S/C14H13BrClN3O/c1-8-6-10(19-17)3-4-11(8)14(20)18-13-5-2-9(16)7-12(13)15/h2-7,19H,17H2,1H3,(H,18,20). The summed E-state index contributed by atoms with van der Waals surface area (Å²) < 4.78 is 0.733. The molecule has 20 heavy (non-hydrogen) atoms. The molecule has 4 nitrogen and oxygen atoms in total. The van der Waals surface area contributed by atoms with Gasteiger partial charge in [-0.2, -0.15) is 0 Å². The largest absolute Gasteiger partial charge is 0.324 e. The third kappa shape index (κ3) is 3.30. The van der Waals surface area contributed by atoms with E-state index in [1.807, 2.05) is 13.0 Å². The molecule has 0 heterocycles. The maximum absolute atomic E-state index is 12.3. The molecule has 0 aliphatic rings. The molecule has 2 rings (SSSR count). The third-order valence-electron chi connectivity index (χ3n) is 2.82. The molecule has 6 heteroatoms. The average molecular weight is 355 g/mol. The van der Waals surface area contributed by atoms with E-state index < -0.39 is 0 Å². The van der Waals surface area contributed by atoms with E-state index in [1.165, 1.54) is 0 Å². The van der Waals surface area contributed by atoms with Crippen LogP contribution in [0.4, 0.5) is 11.4 Å². The number of anilines is 2. The summed E-state index contributed by atoms with van der Waals surface area (Å²) >= 11 is 9.23. The molecule has 0 aliphatic carbocycles. The van der Waals surface area contributed by atoms with Crippen molar-refractivity contribution >= 4 is 44.8 Å². The lowest BCUT2D eigenvalue weighted by Gasteiger charge is -2.10. The smallest absolute Gasteiger partial charge is 0.255 e. The van der Waals surface area contributed by atoms with E-state index in [9.17, 15) is 4.79 Å². The van der Waals surface area contributed by atoms with Gasteiger partial charge in [0, 0.05) is 20.7 Å². The van der Waals surface area contributed by atoms with Gasteiger partial charge in [0.15, 0.2) is 0 Å². The highest BCUT2D eigenvalue weighted by Gasteiger charge is 2.11. The fourth-order valence-electron chi connectivity index (χ4n) is 1.79. The van der Waals surface area contributed by atoms with Crippen molar-refractivity contribution in [3.05, 3.63) is 57.0 Å². The topological polar surface area (TPSA) is 67.1 Å². The Labute approximate surface area is 130 Å². The van der Waals surface area contributed by atoms with Gasteiger partial charge >= 0.3 is 0 Å². The highest BCUT2D eigenvalue weighted by atomic mass is 79.9. The van der Waals surface area contributed by atoms with Crippen LogP contribution < -0.4 is 16.6 Å². The Morgan fingerprint density at radius 3 is 2.60 bits per heavy atom. The van der Waals surface area contributed by atoms with Crippen LogP contribution in [0.15, 0.2) is 40.9 Å². The van der Waals surface area contributed by atoms with Crippen molar-refractivity contribution in [2.45, 2.75) is 6.92 Å². The molecule has 2 aromatic rings. The Kier molecular flexibility index (Phi) is 4.65. The Balaban J connectivity index is 2.24. The van der Waals surface area contributed by atoms with E-state index in [2.05, 4.69) is 26.7 Å². The first-order chi connectivity index (χ1) is 9.51. The summed E-state index contributed by atoms with van der Waals surface area (Å²) in [5, 5.41) is 3.44. The minimum Gasteiger partial charge on any atom is -0.324 e. The van der Waals surface area contributed by atoms with Crippen LogP contribution in [0.3, 0.4) is 0 Å². The fourth-order valence-corrected chi connectivity index (χ4v) is 2.57. The third-order valence-corrected chi connectivity index (χ3v) is 3.71. The molecule has 0 aliphatic heterocycles. The van der Waals surface area contributed by atoms with Crippen molar-refractivity contribution in [1.82, 2.24) is 0 Å². The number of carbonyl (C=O) groups excluding carboxylic acids is 1. The van der Waals surface area contributed by atoms with Crippen LogP contribution in [-0.4, -0.2) is 5.91 Å². The zero-order valence-corrected chi connectivity index (χ0v) is 13.0. The molecule has 0 fully saturated rings. The molecular formula is C14H13BrClN3O. The normalized spacial score (nSPS) is 10.2. The number of rotatable bonds is 3. The summed E-state index contributed by atoms with van der Waals surface area (Å²) in [7, 11) is 0. The summed E-state index contributed by atoms with van der Waals surface area (Å²) in [6, 6.07) is 10.5. The summed E-state index contributed by atoms with van der Waals surface area (Å²) in [6.07, 6.45) is 0. The Morgan fingerprint density at radius 1 is 1.25 bits per heavy atom. The van der Waals surface area contributed by atoms with Crippen molar-refractivity contribution < 1.29 is 4.79 Å². The number of nitrogen functional groups attached to an aromatic ring is 1. The van der Waals surface area contributed by atoms with Gasteiger partial charge in [-0.15, -0.1) is 0 Å². The van der Waals surface area contributed by atoms with Gasteiger partial charge in [-0.25, -0.2) is 0 Å². The lowest BCUT2D eigenvalue weighted by molar-refractivity contribution is 0.102. The summed E-state index contributed by atoms with van der Waals surface area (Å²) in [4.78, 5) is 12.3. The Morgan fingerprint density at radius 2 is 2.00 bits per heavy atom. The molecule has 0 bridgehead atoms. The number of halogens is 2. The first-order valence-corrected chi connectivity index (χ1v) is 7.02. The number of amides is 1. The van der Waals surface area contributed by atoms with Gasteiger partial charge in [0.05, 0.1) is 5.69 Å². The predicted molar refractivity (Wildman–Crippen MR) is 86.1 cm³/mol. The van der Waals surface area contributed by atoms with Crippen LogP contribution in [-0.2, 0) is 0 Å². The molecule has 0 radical (unpaired) electrons. The van der Waals surface area contributed by atoms with Crippen LogP contribution in [0.2, 0.25) is 5.02 Å². The van der Waals surface area contributed by atoms with Crippen LogP contribution in [0.25, 0.3) is 0 Å².